The summed E-state index contributed by atoms with van der Waals surface area (Å²) < 4.78 is 15.5. The molecule has 0 aromatic heterocycles. The molecule has 0 saturated heterocycles. The van der Waals surface area contributed by atoms with Crippen LogP contribution < -0.4 is 5.73 Å². The van der Waals surface area contributed by atoms with Crippen molar-refractivity contribution in [2.45, 2.75) is 31.8 Å². The third-order valence-corrected chi connectivity index (χ3v) is 2.77. The molecule has 0 aromatic rings. The lowest BCUT2D eigenvalue weighted by molar-refractivity contribution is 0.00711. The Morgan fingerprint density at radius 2 is 1.65 bits per heavy atom. The van der Waals surface area contributed by atoms with Crippen LogP contribution in [0.15, 0.2) is 0 Å². The van der Waals surface area contributed by atoms with Crippen molar-refractivity contribution in [1.29, 1.82) is 0 Å². The lowest BCUT2D eigenvalue weighted by atomic mass is 9.95. The van der Waals surface area contributed by atoms with Crippen LogP contribution in [0.3, 0.4) is 0 Å². The molecule has 0 aliphatic carbocycles. The van der Waals surface area contributed by atoms with Gasteiger partial charge in [-0.15, -0.1) is 0 Å². The lowest BCUT2D eigenvalue weighted by Crippen LogP contribution is -2.37. The van der Waals surface area contributed by atoms with Gasteiger partial charge in [0.2, 0.25) is 0 Å². The SMILES string of the molecule is CCC(O)(CN)CCCOCCOCCOC. The van der Waals surface area contributed by atoms with E-state index in [1.54, 1.807) is 7.11 Å². The smallest absolute Gasteiger partial charge is 0.0767 e. The Morgan fingerprint density at radius 1 is 1.06 bits per heavy atom. The van der Waals surface area contributed by atoms with Gasteiger partial charge in [-0.25, -0.2) is 0 Å². The average Bonchev–Trinajstić information content (AvgIpc) is 2.36. The first-order chi connectivity index (χ1) is 8.18. The van der Waals surface area contributed by atoms with E-state index in [1.807, 2.05) is 6.92 Å². The standard InChI is InChI=1S/C12H27NO4/c1-3-12(14,11-13)5-4-6-16-9-10-17-8-7-15-2/h14H,3-11,13H2,1-2H3. The van der Waals surface area contributed by atoms with E-state index in [0.717, 1.165) is 6.42 Å². The van der Waals surface area contributed by atoms with E-state index in [-0.39, 0.29) is 0 Å². The first-order valence-electron chi connectivity index (χ1n) is 6.25. The molecule has 0 spiro atoms. The van der Waals surface area contributed by atoms with Crippen LogP contribution in [-0.4, -0.2) is 57.4 Å². The quantitative estimate of drug-likeness (QED) is 0.494. The minimum absolute atomic E-state index is 0.309. The fraction of sp³-hybridized carbons (Fsp3) is 1.00. The maximum Gasteiger partial charge on any atom is 0.0767 e. The Kier molecular flexibility index (Phi) is 10.8. The van der Waals surface area contributed by atoms with Gasteiger partial charge < -0.3 is 25.1 Å². The minimum Gasteiger partial charge on any atom is -0.389 e. The first kappa shape index (κ1) is 16.8. The van der Waals surface area contributed by atoms with Gasteiger partial charge >= 0.3 is 0 Å². The van der Waals surface area contributed by atoms with Crippen molar-refractivity contribution < 1.29 is 19.3 Å². The summed E-state index contributed by atoms with van der Waals surface area (Å²) in [7, 11) is 1.65. The Bertz CT molecular complexity index is 163. The summed E-state index contributed by atoms with van der Waals surface area (Å²) in [4.78, 5) is 0. The summed E-state index contributed by atoms with van der Waals surface area (Å²) in [5, 5.41) is 9.91. The summed E-state index contributed by atoms with van der Waals surface area (Å²) in [6.07, 6.45) is 2.19. The van der Waals surface area contributed by atoms with Crippen molar-refractivity contribution in [1.82, 2.24) is 0 Å². The molecule has 17 heavy (non-hydrogen) atoms. The van der Waals surface area contributed by atoms with Crippen LogP contribution in [0.5, 0.6) is 0 Å². The minimum atomic E-state index is -0.724. The molecule has 1 atom stereocenters. The number of rotatable bonds is 12. The predicted octanol–water partition coefficient (Wildman–Crippen LogP) is 0.546. The fourth-order valence-electron chi connectivity index (χ4n) is 1.39. The average molecular weight is 249 g/mol. The van der Waals surface area contributed by atoms with Crippen LogP contribution >= 0.6 is 0 Å². The van der Waals surface area contributed by atoms with E-state index < -0.39 is 5.60 Å². The normalized spacial score (nSPS) is 14.8. The zero-order valence-corrected chi connectivity index (χ0v) is 11.1. The molecule has 0 radical (unpaired) electrons. The van der Waals surface area contributed by atoms with Gasteiger partial charge in [0.25, 0.3) is 0 Å². The van der Waals surface area contributed by atoms with Gasteiger partial charge in [-0.05, 0) is 19.3 Å². The van der Waals surface area contributed by atoms with Crippen molar-refractivity contribution >= 4 is 0 Å². The van der Waals surface area contributed by atoms with Crippen LogP contribution in [0.2, 0.25) is 0 Å². The van der Waals surface area contributed by atoms with E-state index in [1.165, 1.54) is 0 Å². The zero-order chi connectivity index (χ0) is 13.0. The molecule has 0 bridgehead atoms. The molecule has 0 rings (SSSR count). The van der Waals surface area contributed by atoms with Gasteiger partial charge in [-0.2, -0.15) is 0 Å². The van der Waals surface area contributed by atoms with Crippen molar-refractivity contribution in [3.05, 3.63) is 0 Å². The molecule has 5 nitrogen and oxygen atoms in total. The molecular formula is C12H27NO4. The highest BCUT2D eigenvalue weighted by molar-refractivity contribution is 4.77. The number of hydrogen-bond donors (Lipinski definition) is 2. The molecule has 0 heterocycles. The molecule has 0 fully saturated rings. The molecule has 0 amide bonds. The van der Waals surface area contributed by atoms with E-state index in [2.05, 4.69) is 0 Å². The van der Waals surface area contributed by atoms with Gasteiger partial charge in [0.15, 0.2) is 0 Å². The molecule has 1 unspecified atom stereocenters. The largest absolute Gasteiger partial charge is 0.389 e. The Labute approximate surface area is 104 Å². The van der Waals surface area contributed by atoms with Gasteiger partial charge in [0.1, 0.15) is 0 Å². The number of nitrogens with two attached hydrogens (primary N) is 1. The summed E-state index contributed by atoms with van der Waals surface area (Å²) in [6, 6.07) is 0. The molecule has 0 saturated carbocycles. The van der Waals surface area contributed by atoms with Crippen LogP contribution in [-0.2, 0) is 14.2 Å². The van der Waals surface area contributed by atoms with Crippen LogP contribution in [0, 0.1) is 0 Å². The maximum absolute atomic E-state index is 9.91. The first-order valence-corrected chi connectivity index (χ1v) is 6.25. The third kappa shape index (κ3) is 9.50. The topological polar surface area (TPSA) is 73.9 Å². The van der Waals surface area contributed by atoms with Gasteiger partial charge in [-0.1, -0.05) is 6.92 Å². The highest BCUT2D eigenvalue weighted by Crippen LogP contribution is 2.15. The molecule has 0 aliphatic rings. The second-order valence-corrected chi connectivity index (χ2v) is 4.10. The van der Waals surface area contributed by atoms with Crippen LogP contribution in [0.1, 0.15) is 26.2 Å². The number of methoxy groups -OCH3 is 1. The number of aliphatic hydroxyl groups is 1. The molecule has 0 aromatic carbocycles. The highest BCUT2D eigenvalue weighted by Gasteiger charge is 2.21. The molecule has 0 aliphatic heterocycles. The van der Waals surface area contributed by atoms with Crippen LogP contribution in [0.25, 0.3) is 0 Å². The van der Waals surface area contributed by atoms with E-state index >= 15 is 0 Å². The highest BCUT2D eigenvalue weighted by atomic mass is 16.5. The van der Waals surface area contributed by atoms with Gasteiger partial charge in [0.05, 0.1) is 32.0 Å². The van der Waals surface area contributed by atoms with Gasteiger partial charge in [0, 0.05) is 20.3 Å². The van der Waals surface area contributed by atoms with Crippen molar-refractivity contribution in [2.24, 2.45) is 5.73 Å². The second-order valence-electron chi connectivity index (χ2n) is 4.10. The van der Waals surface area contributed by atoms with E-state index in [4.69, 9.17) is 19.9 Å². The van der Waals surface area contributed by atoms with E-state index in [9.17, 15) is 5.11 Å². The molecule has 3 N–H and O–H groups in total. The van der Waals surface area contributed by atoms with Crippen molar-refractivity contribution in [3.63, 3.8) is 0 Å². The number of hydrogen-bond acceptors (Lipinski definition) is 5. The monoisotopic (exact) mass is 249 g/mol. The molecule has 104 valence electrons. The second kappa shape index (κ2) is 10.9. The predicted molar refractivity (Wildman–Crippen MR) is 67.0 cm³/mol. The Morgan fingerprint density at radius 3 is 2.18 bits per heavy atom. The Balaban J connectivity index is 3.23. The van der Waals surface area contributed by atoms with Crippen molar-refractivity contribution in [2.75, 3.05) is 46.7 Å². The maximum atomic E-state index is 9.91. The van der Waals surface area contributed by atoms with Crippen molar-refractivity contribution in [3.8, 4) is 0 Å². The summed E-state index contributed by atoms with van der Waals surface area (Å²) in [5.74, 6) is 0. The fourth-order valence-corrected chi connectivity index (χ4v) is 1.39. The molecule has 5 heteroatoms. The summed E-state index contributed by atoms with van der Waals surface area (Å²) >= 11 is 0. The lowest BCUT2D eigenvalue weighted by Gasteiger charge is -2.24. The summed E-state index contributed by atoms with van der Waals surface area (Å²) in [6.45, 7) is 5.26. The van der Waals surface area contributed by atoms with Crippen LogP contribution in [0.4, 0.5) is 0 Å². The summed E-state index contributed by atoms with van der Waals surface area (Å²) in [5.41, 5.74) is 4.78. The third-order valence-electron chi connectivity index (χ3n) is 2.77. The van der Waals surface area contributed by atoms with Gasteiger partial charge in [-0.3, -0.25) is 0 Å². The van der Waals surface area contributed by atoms with E-state index in [0.29, 0.717) is 52.4 Å². The zero-order valence-electron chi connectivity index (χ0n) is 11.1. The Hall–Kier alpha value is -0.200. The molecular weight excluding hydrogens is 222 g/mol. The number of ether oxygens (including phenoxy) is 3.